The maximum Gasteiger partial charge on any atom is 0.255 e. The normalized spacial score (nSPS) is 11.0. The third-order valence-electron chi connectivity index (χ3n) is 5.19. The zero-order valence-corrected chi connectivity index (χ0v) is 17.9. The molecule has 0 spiro atoms. The van der Waals surface area contributed by atoms with Crippen LogP contribution in [0.4, 0.5) is 5.69 Å². The molecule has 6 nitrogen and oxygen atoms in total. The summed E-state index contributed by atoms with van der Waals surface area (Å²) >= 11 is 1.60. The first-order chi connectivity index (χ1) is 15.1. The number of anilines is 1. The highest BCUT2D eigenvalue weighted by atomic mass is 32.1. The monoisotopic (exact) mass is 425 g/mol. The Kier molecular flexibility index (Phi) is 4.80. The summed E-state index contributed by atoms with van der Waals surface area (Å²) in [7, 11) is 0. The Hall–Kier alpha value is -3.84. The molecule has 0 aliphatic rings. The number of aromatic nitrogens is 4. The van der Waals surface area contributed by atoms with Crippen LogP contribution in [0.15, 0.2) is 72.1 Å². The largest absolute Gasteiger partial charge is 0.322 e. The molecular weight excluding hydrogens is 406 g/mol. The zero-order valence-electron chi connectivity index (χ0n) is 17.0. The summed E-state index contributed by atoms with van der Waals surface area (Å²) in [6, 6.07) is 21.2. The van der Waals surface area contributed by atoms with Crippen LogP contribution in [0.5, 0.6) is 0 Å². The molecule has 0 atom stereocenters. The predicted molar refractivity (Wildman–Crippen MR) is 123 cm³/mol. The summed E-state index contributed by atoms with van der Waals surface area (Å²) in [6.07, 6.45) is 0. The number of nitrogens with zero attached hydrogens (tertiary/aromatic N) is 4. The number of fused-ring (bicyclic) bond motifs is 1. The van der Waals surface area contributed by atoms with E-state index in [0.717, 1.165) is 27.3 Å². The van der Waals surface area contributed by atoms with E-state index in [0.29, 0.717) is 22.7 Å². The van der Waals surface area contributed by atoms with E-state index in [2.05, 4.69) is 15.5 Å². The number of carbonyl (C=O) groups is 1. The average Bonchev–Trinajstić information content (AvgIpc) is 3.45. The van der Waals surface area contributed by atoms with E-state index in [9.17, 15) is 4.79 Å². The minimum Gasteiger partial charge on any atom is -0.322 e. The number of thiophene rings is 1. The van der Waals surface area contributed by atoms with Crippen molar-refractivity contribution >= 4 is 28.6 Å². The first-order valence-electron chi connectivity index (χ1n) is 9.84. The maximum absolute atomic E-state index is 12.7. The summed E-state index contributed by atoms with van der Waals surface area (Å²) < 4.78 is 1.75. The fourth-order valence-electron chi connectivity index (χ4n) is 3.34. The molecule has 7 heteroatoms. The van der Waals surface area contributed by atoms with Crippen molar-refractivity contribution in [1.29, 1.82) is 0 Å². The van der Waals surface area contributed by atoms with Crippen LogP contribution in [-0.2, 0) is 0 Å². The Balaban J connectivity index is 1.46. The van der Waals surface area contributed by atoms with Gasteiger partial charge < -0.3 is 5.32 Å². The van der Waals surface area contributed by atoms with E-state index < -0.39 is 0 Å². The first-order valence-corrected chi connectivity index (χ1v) is 10.7. The number of benzene rings is 2. The lowest BCUT2D eigenvalue weighted by molar-refractivity contribution is 0.102. The van der Waals surface area contributed by atoms with Crippen molar-refractivity contribution in [2.75, 3.05) is 5.32 Å². The van der Waals surface area contributed by atoms with Gasteiger partial charge >= 0.3 is 0 Å². The molecule has 3 heterocycles. The number of nitrogens with one attached hydrogen (secondary N) is 1. The zero-order chi connectivity index (χ0) is 21.4. The molecule has 0 bridgehead atoms. The quantitative estimate of drug-likeness (QED) is 0.419. The molecule has 0 aliphatic heterocycles. The third kappa shape index (κ3) is 3.71. The van der Waals surface area contributed by atoms with Crippen LogP contribution in [0.2, 0.25) is 0 Å². The van der Waals surface area contributed by atoms with Gasteiger partial charge in [-0.3, -0.25) is 4.79 Å². The van der Waals surface area contributed by atoms with E-state index >= 15 is 0 Å². The predicted octanol–water partition coefficient (Wildman–Crippen LogP) is 5.39. The Morgan fingerprint density at radius 1 is 0.935 bits per heavy atom. The maximum atomic E-state index is 12.7. The van der Waals surface area contributed by atoms with Gasteiger partial charge in [0.2, 0.25) is 0 Å². The molecule has 0 saturated heterocycles. The van der Waals surface area contributed by atoms with Gasteiger partial charge in [0, 0.05) is 16.8 Å². The minimum atomic E-state index is -0.137. The number of amides is 1. The highest BCUT2D eigenvalue weighted by Gasteiger charge is 2.12. The second-order valence-electron chi connectivity index (χ2n) is 7.32. The van der Waals surface area contributed by atoms with E-state index in [-0.39, 0.29) is 5.91 Å². The summed E-state index contributed by atoms with van der Waals surface area (Å²) in [4.78, 5) is 13.7. The summed E-state index contributed by atoms with van der Waals surface area (Å²) in [6.45, 7) is 4.04. The van der Waals surface area contributed by atoms with Gasteiger partial charge in [0.15, 0.2) is 11.5 Å². The van der Waals surface area contributed by atoms with Crippen LogP contribution in [0.1, 0.15) is 21.5 Å². The second-order valence-corrected chi connectivity index (χ2v) is 8.27. The standard InChI is InChI=1S/C24H19N5OS/c1-15-8-9-18(13-16(15)2)24(30)25-19-6-3-5-17(14-19)20-10-11-22-26-27-23(29(22)28-20)21-7-4-12-31-21/h3-14H,1-2H3,(H,25,30). The molecule has 5 aromatic rings. The van der Waals surface area contributed by atoms with Crippen molar-refractivity contribution in [3.05, 3.63) is 88.8 Å². The van der Waals surface area contributed by atoms with Crippen LogP contribution in [0.25, 0.3) is 27.6 Å². The number of aryl methyl sites for hydroxylation is 2. The molecule has 5 rings (SSSR count). The van der Waals surface area contributed by atoms with E-state index in [1.54, 1.807) is 15.9 Å². The minimum absolute atomic E-state index is 0.137. The lowest BCUT2D eigenvalue weighted by Crippen LogP contribution is -2.12. The second kappa shape index (κ2) is 7.77. The molecule has 2 aromatic carbocycles. The van der Waals surface area contributed by atoms with Gasteiger partial charge in [0.1, 0.15) is 0 Å². The molecule has 0 fully saturated rings. The summed E-state index contributed by atoms with van der Waals surface area (Å²) in [5.74, 6) is 0.577. The fraction of sp³-hybridized carbons (Fsp3) is 0.0833. The smallest absolute Gasteiger partial charge is 0.255 e. The van der Waals surface area contributed by atoms with Gasteiger partial charge in [0.05, 0.1) is 10.6 Å². The Morgan fingerprint density at radius 2 is 1.84 bits per heavy atom. The molecule has 3 aromatic heterocycles. The molecule has 0 aliphatic carbocycles. The van der Waals surface area contributed by atoms with Gasteiger partial charge in [-0.2, -0.15) is 9.61 Å². The average molecular weight is 426 g/mol. The topological polar surface area (TPSA) is 72.2 Å². The Labute approximate surface area is 183 Å². The van der Waals surface area contributed by atoms with E-state index in [4.69, 9.17) is 5.10 Å². The lowest BCUT2D eigenvalue weighted by Gasteiger charge is -2.09. The van der Waals surface area contributed by atoms with Gasteiger partial charge in [-0.1, -0.05) is 24.3 Å². The van der Waals surface area contributed by atoms with Crippen molar-refractivity contribution in [3.8, 4) is 22.0 Å². The van der Waals surface area contributed by atoms with E-state index in [1.165, 1.54) is 0 Å². The molecule has 1 N–H and O–H groups in total. The summed E-state index contributed by atoms with van der Waals surface area (Å²) in [5.41, 5.74) is 5.96. The lowest BCUT2D eigenvalue weighted by atomic mass is 10.1. The molecule has 31 heavy (non-hydrogen) atoms. The fourth-order valence-corrected chi connectivity index (χ4v) is 4.04. The SMILES string of the molecule is Cc1ccc(C(=O)Nc2cccc(-c3ccc4nnc(-c5cccs5)n4n3)c2)cc1C. The van der Waals surface area contributed by atoms with Crippen LogP contribution in [0.3, 0.4) is 0 Å². The molecular formula is C24H19N5OS. The Morgan fingerprint density at radius 3 is 2.65 bits per heavy atom. The van der Waals surface area contributed by atoms with Gasteiger partial charge in [-0.25, -0.2) is 0 Å². The first kappa shape index (κ1) is 19.1. The van der Waals surface area contributed by atoms with Crippen LogP contribution in [0, 0.1) is 13.8 Å². The van der Waals surface area contributed by atoms with Crippen molar-refractivity contribution in [3.63, 3.8) is 0 Å². The Bertz CT molecular complexity index is 1410. The molecule has 1 amide bonds. The number of hydrogen-bond acceptors (Lipinski definition) is 5. The molecule has 0 saturated carbocycles. The number of rotatable bonds is 4. The van der Waals surface area contributed by atoms with Crippen LogP contribution >= 0.6 is 11.3 Å². The highest BCUT2D eigenvalue weighted by molar-refractivity contribution is 7.13. The van der Waals surface area contributed by atoms with Crippen molar-refractivity contribution in [2.24, 2.45) is 0 Å². The highest BCUT2D eigenvalue weighted by Crippen LogP contribution is 2.26. The van der Waals surface area contributed by atoms with Crippen molar-refractivity contribution in [1.82, 2.24) is 19.8 Å². The molecule has 0 radical (unpaired) electrons. The van der Waals surface area contributed by atoms with Crippen LogP contribution < -0.4 is 5.32 Å². The van der Waals surface area contributed by atoms with Crippen molar-refractivity contribution in [2.45, 2.75) is 13.8 Å². The molecule has 0 unspecified atom stereocenters. The summed E-state index contributed by atoms with van der Waals surface area (Å²) in [5, 5.41) is 18.2. The number of hydrogen-bond donors (Lipinski definition) is 1. The number of carbonyl (C=O) groups excluding carboxylic acids is 1. The molecule has 152 valence electrons. The van der Waals surface area contributed by atoms with Gasteiger partial charge in [-0.15, -0.1) is 21.5 Å². The third-order valence-corrected chi connectivity index (χ3v) is 6.06. The van der Waals surface area contributed by atoms with Crippen LogP contribution in [-0.4, -0.2) is 25.7 Å². The van der Waals surface area contributed by atoms with Gasteiger partial charge in [0.25, 0.3) is 5.91 Å². The van der Waals surface area contributed by atoms with Gasteiger partial charge in [-0.05, 0) is 72.8 Å². The van der Waals surface area contributed by atoms with Crippen molar-refractivity contribution < 1.29 is 4.79 Å². The van der Waals surface area contributed by atoms with E-state index in [1.807, 2.05) is 86.0 Å².